The standard InChI is InChI=1S/C45H56O2Si2/c1-8-36-32-33-37-22-21-23-38(34-46-48(43(2,3)4,39-24-13-9-14-25-39)40-26-15-10-16-27-40)45(36,37)35-47-49(44(5,6)7,41-28-17-11-18-29-41)42-30-19-12-20-31-42/h8-20,24-31,33,36,38H,1,21-23,32,34-35H2,2-7H3/t36?,38-,45+/m1/s1. The predicted octanol–water partition coefficient (Wildman–Crippen LogP) is 9.06. The van der Waals surface area contributed by atoms with Crippen molar-refractivity contribution in [2.45, 2.75) is 77.3 Å². The van der Waals surface area contributed by atoms with Crippen molar-refractivity contribution in [2.24, 2.45) is 17.3 Å². The van der Waals surface area contributed by atoms with E-state index in [0.29, 0.717) is 25.0 Å². The van der Waals surface area contributed by atoms with Gasteiger partial charge in [0.2, 0.25) is 0 Å². The highest BCUT2D eigenvalue weighted by atomic mass is 28.4. The average molecular weight is 685 g/mol. The molecule has 2 aliphatic rings. The molecule has 1 saturated carbocycles. The first kappa shape index (κ1) is 35.5. The first-order valence-electron chi connectivity index (χ1n) is 18.3. The van der Waals surface area contributed by atoms with E-state index in [1.807, 2.05) is 0 Å². The van der Waals surface area contributed by atoms with Crippen LogP contribution < -0.4 is 20.7 Å². The van der Waals surface area contributed by atoms with Gasteiger partial charge in [-0.3, -0.25) is 0 Å². The summed E-state index contributed by atoms with van der Waals surface area (Å²) in [7, 11) is -5.47. The number of hydrogen-bond acceptors (Lipinski definition) is 2. The van der Waals surface area contributed by atoms with Gasteiger partial charge >= 0.3 is 0 Å². The zero-order chi connectivity index (χ0) is 34.8. The van der Waals surface area contributed by atoms with Crippen molar-refractivity contribution in [3.63, 3.8) is 0 Å². The maximum absolute atomic E-state index is 7.85. The van der Waals surface area contributed by atoms with Crippen molar-refractivity contribution < 1.29 is 8.85 Å². The molecular formula is C45H56O2Si2. The minimum Gasteiger partial charge on any atom is -0.407 e. The lowest BCUT2D eigenvalue weighted by Crippen LogP contribution is -2.68. The van der Waals surface area contributed by atoms with E-state index in [9.17, 15) is 0 Å². The summed E-state index contributed by atoms with van der Waals surface area (Å²) in [6.45, 7) is 20.2. The lowest BCUT2D eigenvalue weighted by molar-refractivity contribution is 0.0223. The van der Waals surface area contributed by atoms with Crippen LogP contribution in [0.3, 0.4) is 0 Å². The summed E-state index contributed by atoms with van der Waals surface area (Å²) in [5.41, 5.74) is 1.41. The third-order valence-corrected chi connectivity index (χ3v) is 21.7. The molecule has 0 radical (unpaired) electrons. The molecule has 6 rings (SSSR count). The molecule has 4 aromatic carbocycles. The fourth-order valence-corrected chi connectivity index (χ4v) is 18.7. The second-order valence-electron chi connectivity index (χ2n) is 16.4. The Morgan fingerprint density at radius 1 is 0.653 bits per heavy atom. The van der Waals surface area contributed by atoms with Gasteiger partial charge < -0.3 is 8.85 Å². The third-order valence-electron chi connectivity index (χ3n) is 11.8. The van der Waals surface area contributed by atoms with Gasteiger partial charge in [0, 0.05) is 18.6 Å². The smallest absolute Gasteiger partial charge is 0.261 e. The van der Waals surface area contributed by atoms with Gasteiger partial charge in [-0.2, -0.15) is 0 Å². The van der Waals surface area contributed by atoms with Crippen LogP contribution in [0.5, 0.6) is 0 Å². The molecule has 1 fully saturated rings. The van der Waals surface area contributed by atoms with Gasteiger partial charge in [-0.15, -0.1) is 6.58 Å². The van der Waals surface area contributed by atoms with Crippen molar-refractivity contribution in [3.8, 4) is 0 Å². The Labute approximate surface area is 298 Å². The van der Waals surface area contributed by atoms with Crippen LogP contribution in [-0.4, -0.2) is 29.8 Å². The molecule has 3 atom stereocenters. The van der Waals surface area contributed by atoms with E-state index in [1.54, 1.807) is 5.57 Å². The minimum absolute atomic E-state index is 0.0743. The zero-order valence-electron chi connectivity index (χ0n) is 30.6. The molecule has 256 valence electrons. The number of rotatable bonds is 11. The van der Waals surface area contributed by atoms with Gasteiger partial charge in [-0.1, -0.05) is 181 Å². The Morgan fingerprint density at radius 3 is 1.45 bits per heavy atom. The molecule has 0 spiro atoms. The Bertz CT molecular complexity index is 1630. The zero-order valence-corrected chi connectivity index (χ0v) is 32.6. The van der Waals surface area contributed by atoms with Gasteiger partial charge in [-0.05, 0) is 68.3 Å². The largest absolute Gasteiger partial charge is 0.407 e. The number of allylic oxidation sites excluding steroid dienone is 2. The molecule has 2 nitrogen and oxygen atoms in total. The van der Waals surface area contributed by atoms with Gasteiger partial charge in [-0.25, -0.2) is 0 Å². The minimum atomic E-state index is -2.76. The first-order valence-corrected chi connectivity index (χ1v) is 22.1. The average Bonchev–Trinajstić information content (AvgIpc) is 3.48. The summed E-state index contributed by atoms with van der Waals surface area (Å²) < 4.78 is 15.6. The van der Waals surface area contributed by atoms with Crippen LogP contribution >= 0.6 is 0 Å². The van der Waals surface area contributed by atoms with E-state index in [1.165, 1.54) is 27.2 Å². The number of benzene rings is 4. The van der Waals surface area contributed by atoms with Crippen LogP contribution in [0.15, 0.2) is 146 Å². The van der Waals surface area contributed by atoms with E-state index in [-0.39, 0.29) is 15.5 Å². The SMILES string of the molecule is C=CC1CC=C2CCC[C@H](CO[Si](c3ccccc3)(c3ccccc3)C(C)(C)C)[C@]21CO[Si](c1ccccc1)(c1ccccc1)C(C)(C)C. The monoisotopic (exact) mass is 684 g/mol. The van der Waals surface area contributed by atoms with E-state index < -0.39 is 16.6 Å². The molecule has 0 aliphatic heterocycles. The van der Waals surface area contributed by atoms with Crippen LogP contribution in [0, 0.1) is 17.3 Å². The van der Waals surface area contributed by atoms with Gasteiger partial charge in [0.15, 0.2) is 0 Å². The fraction of sp³-hybridized carbons (Fsp3) is 0.378. The van der Waals surface area contributed by atoms with E-state index >= 15 is 0 Å². The molecule has 0 aromatic heterocycles. The van der Waals surface area contributed by atoms with Gasteiger partial charge in [0.1, 0.15) is 0 Å². The van der Waals surface area contributed by atoms with Gasteiger partial charge in [0.05, 0.1) is 0 Å². The Morgan fingerprint density at radius 2 is 1.06 bits per heavy atom. The van der Waals surface area contributed by atoms with Crippen molar-refractivity contribution in [3.05, 3.63) is 146 Å². The predicted molar refractivity (Wildman–Crippen MR) is 213 cm³/mol. The molecule has 4 heteroatoms. The highest BCUT2D eigenvalue weighted by Gasteiger charge is 2.57. The molecule has 0 N–H and O–H groups in total. The quantitative estimate of drug-likeness (QED) is 0.116. The van der Waals surface area contributed by atoms with Crippen LogP contribution in [-0.2, 0) is 8.85 Å². The van der Waals surface area contributed by atoms with E-state index in [4.69, 9.17) is 8.85 Å². The normalized spacial score (nSPS) is 21.6. The summed E-state index contributed by atoms with van der Waals surface area (Å²) in [4.78, 5) is 0. The maximum atomic E-state index is 7.85. The Balaban J connectivity index is 1.46. The summed E-state index contributed by atoms with van der Waals surface area (Å²) >= 11 is 0. The molecule has 1 unspecified atom stereocenters. The topological polar surface area (TPSA) is 18.5 Å². The van der Waals surface area contributed by atoms with Crippen molar-refractivity contribution in [1.29, 1.82) is 0 Å². The van der Waals surface area contributed by atoms with E-state index in [0.717, 1.165) is 19.3 Å². The summed E-state index contributed by atoms with van der Waals surface area (Å²) in [6, 6.07) is 44.4. The molecule has 0 amide bonds. The van der Waals surface area contributed by atoms with E-state index in [2.05, 4.69) is 182 Å². The first-order chi connectivity index (χ1) is 23.5. The van der Waals surface area contributed by atoms with Crippen molar-refractivity contribution >= 4 is 37.4 Å². The lowest BCUT2D eigenvalue weighted by atomic mass is 9.60. The molecule has 0 saturated heterocycles. The van der Waals surface area contributed by atoms with Crippen molar-refractivity contribution in [2.75, 3.05) is 13.2 Å². The fourth-order valence-electron chi connectivity index (χ4n) is 9.44. The summed E-state index contributed by atoms with van der Waals surface area (Å²) in [6.07, 6.45) is 9.24. The van der Waals surface area contributed by atoms with Crippen molar-refractivity contribution in [1.82, 2.24) is 0 Å². The Hall–Kier alpha value is -3.29. The van der Waals surface area contributed by atoms with Crippen LogP contribution in [0.2, 0.25) is 10.1 Å². The Kier molecular flexibility index (Phi) is 10.3. The summed E-state index contributed by atoms with van der Waals surface area (Å²) in [5.74, 6) is 0.631. The van der Waals surface area contributed by atoms with Crippen LogP contribution in [0.1, 0.15) is 67.2 Å². The number of hydrogen-bond donors (Lipinski definition) is 0. The molecule has 4 aromatic rings. The van der Waals surface area contributed by atoms with Gasteiger partial charge in [0.25, 0.3) is 16.6 Å². The number of fused-ring (bicyclic) bond motifs is 1. The third kappa shape index (κ3) is 6.20. The second kappa shape index (κ2) is 14.1. The molecule has 0 bridgehead atoms. The molecule has 0 heterocycles. The highest BCUT2D eigenvalue weighted by molar-refractivity contribution is 7.00. The maximum Gasteiger partial charge on any atom is 0.261 e. The van der Waals surface area contributed by atoms with Crippen LogP contribution in [0.25, 0.3) is 0 Å². The van der Waals surface area contributed by atoms with Crippen LogP contribution in [0.4, 0.5) is 0 Å². The molecule has 2 aliphatic carbocycles. The lowest BCUT2D eigenvalue weighted by Gasteiger charge is -2.52. The molecule has 49 heavy (non-hydrogen) atoms. The highest BCUT2D eigenvalue weighted by Crippen LogP contribution is 2.57. The molecular weight excluding hydrogens is 629 g/mol. The second-order valence-corrected chi connectivity index (χ2v) is 25.0. The summed E-state index contributed by atoms with van der Waals surface area (Å²) in [5, 5.41) is 5.18.